The average molecular weight is 1110 g/mol. The highest BCUT2D eigenvalue weighted by Crippen LogP contribution is 2.41. The van der Waals surface area contributed by atoms with Crippen molar-refractivity contribution in [2.24, 2.45) is 23.5 Å². The minimum atomic E-state index is -1.86. The topological polar surface area (TPSA) is 290 Å². The first-order valence-electron chi connectivity index (χ1n) is 27.3. The Hall–Kier alpha value is -3.99. The van der Waals surface area contributed by atoms with E-state index in [0.29, 0.717) is 37.2 Å². The molecule has 0 unspecified atom stereocenters. The van der Waals surface area contributed by atoms with Crippen molar-refractivity contribution < 1.29 is 72.7 Å². The van der Waals surface area contributed by atoms with Crippen LogP contribution in [0.5, 0.6) is 0 Å². The molecule has 9 N–H and O–H groups in total. The number of amides is 1. The van der Waals surface area contributed by atoms with Crippen molar-refractivity contribution in [3.63, 3.8) is 0 Å². The Morgan fingerprint density at radius 3 is 2.29 bits per heavy atom. The van der Waals surface area contributed by atoms with Crippen LogP contribution in [0.4, 0.5) is 4.39 Å². The first kappa shape index (κ1) is 63.2. The third kappa shape index (κ3) is 14.2. The Kier molecular flexibility index (Phi) is 21.3. The molecule has 442 valence electrons. The Morgan fingerprint density at radius 1 is 1.01 bits per heavy atom. The van der Waals surface area contributed by atoms with Crippen LogP contribution in [0.1, 0.15) is 123 Å². The second-order valence-corrected chi connectivity index (χ2v) is 23.1. The highest BCUT2D eigenvalue weighted by atomic mass is 19.1. The molecule has 4 aliphatic heterocycles. The fourth-order valence-corrected chi connectivity index (χ4v) is 11.9. The number of methoxy groups -OCH3 is 2. The molecule has 0 bridgehead atoms. The highest BCUT2D eigenvalue weighted by molar-refractivity contribution is 5.90. The van der Waals surface area contributed by atoms with Gasteiger partial charge >= 0.3 is 5.97 Å². The van der Waals surface area contributed by atoms with Crippen LogP contribution in [-0.4, -0.2) is 212 Å². The highest BCUT2D eigenvalue weighted by Gasteiger charge is 2.53. The quantitative estimate of drug-likeness (QED) is 0.105. The Labute approximate surface area is 458 Å². The lowest BCUT2D eigenvalue weighted by molar-refractivity contribution is -0.318. The van der Waals surface area contributed by atoms with Gasteiger partial charge in [0.15, 0.2) is 18.3 Å². The van der Waals surface area contributed by atoms with Gasteiger partial charge in [0.1, 0.15) is 48.8 Å². The summed E-state index contributed by atoms with van der Waals surface area (Å²) in [5.74, 6) is -3.62. The molecule has 1 aromatic heterocycles. The number of likely N-dealkylation sites (N-methyl/N-ethyl adjacent to an activating group) is 2. The van der Waals surface area contributed by atoms with E-state index in [1.165, 1.54) is 32.0 Å². The number of nitrogens with zero attached hydrogens (tertiary/aromatic N) is 6. The number of aromatic nitrogens is 3. The molecule has 3 saturated heterocycles. The molecule has 0 spiro atoms. The minimum absolute atomic E-state index is 0.0190. The van der Waals surface area contributed by atoms with Crippen LogP contribution in [0.15, 0.2) is 42.4 Å². The van der Waals surface area contributed by atoms with Crippen molar-refractivity contribution in [1.29, 1.82) is 0 Å². The lowest BCUT2D eigenvalue weighted by Gasteiger charge is -2.49. The van der Waals surface area contributed by atoms with Crippen LogP contribution in [0.2, 0.25) is 0 Å². The van der Waals surface area contributed by atoms with E-state index in [2.05, 4.69) is 21.3 Å². The zero-order valence-electron chi connectivity index (χ0n) is 48.0. The smallest absolute Gasteiger partial charge is 0.311 e. The van der Waals surface area contributed by atoms with Crippen molar-refractivity contribution in [1.82, 2.24) is 40.8 Å². The summed E-state index contributed by atoms with van der Waals surface area (Å²) >= 11 is 0. The number of nitrogens with one attached hydrogen (secondary N) is 2. The second kappa shape index (κ2) is 26.3. The third-order valence-corrected chi connectivity index (χ3v) is 16.8. The van der Waals surface area contributed by atoms with Gasteiger partial charge in [0.2, 0.25) is 0 Å². The summed E-state index contributed by atoms with van der Waals surface area (Å²) in [7, 11) is 6.71. The van der Waals surface area contributed by atoms with Gasteiger partial charge in [-0.1, -0.05) is 38.1 Å². The fourth-order valence-electron chi connectivity index (χ4n) is 11.9. The van der Waals surface area contributed by atoms with Crippen LogP contribution in [0.25, 0.3) is 5.69 Å². The van der Waals surface area contributed by atoms with Crippen molar-refractivity contribution in [2.75, 3.05) is 48.1 Å². The summed E-state index contributed by atoms with van der Waals surface area (Å²) in [6, 6.07) is 5.18. The number of benzene rings is 1. The summed E-state index contributed by atoms with van der Waals surface area (Å²) in [5, 5.41) is 69.3. The monoisotopic (exact) mass is 1110 g/mol. The Balaban J connectivity index is 1.24. The lowest BCUT2D eigenvalue weighted by atomic mass is 9.77. The normalized spacial score (nSPS) is 38.7. The predicted octanol–water partition coefficient (Wildman–Crippen LogP) is 2.23. The fraction of sp³-hybridized carbons (Fsp3) is 0.778. The van der Waals surface area contributed by atoms with Gasteiger partial charge in [-0.15, -0.1) is 10.6 Å². The summed E-state index contributed by atoms with van der Waals surface area (Å²) < 4.78 is 60.6. The number of alkyl halides is 1. The van der Waals surface area contributed by atoms with E-state index in [1.807, 2.05) is 37.7 Å². The first-order valence-corrected chi connectivity index (χ1v) is 27.3. The van der Waals surface area contributed by atoms with Gasteiger partial charge in [-0.3, -0.25) is 14.6 Å². The molecule has 20 atom stereocenters. The molecule has 0 aliphatic carbocycles. The molecule has 78 heavy (non-hydrogen) atoms. The molecular formula is C54H90FN9O14. The second-order valence-electron chi connectivity index (χ2n) is 23.1. The van der Waals surface area contributed by atoms with Crippen LogP contribution in [-0.2, 0) is 38.0 Å². The number of rotatable bonds is 17. The summed E-state index contributed by atoms with van der Waals surface area (Å²) in [4.78, 5) is 30.0. The number of hydrazine groups is 2. The van der Waals surface area contributed by atoms with Gasteiger partial charge in [-0.25, -0.2) is 9.07 Å². The number of esters is 1. The zero-order chi connectivity index (χ0) is 57.8. The number of cyclic esters (lactones) is 1. The number of carbonyl (C=O) groups excluding carboxylic acids is 2. The number of primary amides is 1. The predicted molar refractivity (Wildman–Crippen MR) is 283 cm³/mol. The van der Waals surface area contributed by atoms with E-state index in [0.717, 1.165) is 5.70 Å². The number of ether oxygens (including phenoxy) is 7. The van der Waals surface area contributed by atoms with E-state index in [-0.39, 0.29) is 30.9 Å². The number of halogens is 1. The van der Waals surface area contributed by atoms with Gasteiger partial charge in [0.05, 0.1) is 53.4 Å². The SMILES string of the molecule is CC[C@H]1OC(=O)[C@H](C)[C@@H](O[C@H]2C[C@@](C)(OC)[C@@H](O)[C@H](C)O2)[C@H](C)[C@@H](O[C@@H]2O[C@H](C)C[C@H](N(C)CCC3=CN([C@H](CF)[C@H](OC)c4ccc(-n5cc(C(N)=O)nn5)cc4)NN3)[C@H]2O)[C@](C)(O)C[C@@H](C)CN(C)[C@H](C)[C@@H](O)[C@]1(C)O. The molecule has 1 aromatic carbocycles. The van der Waals surface area contributed by atoms with Gasteiger partial charge in [-0.2, -0.15) is 0 Å². The number of aliphatic hydroxyl groups excluding tert-OH is 3. The van der Waals surface area contributed by atoms with Gasteiger partial charge in [0.25, 0.3) is 5.91 Å². The van der Waals surface area contributed by atoms with E-state index < -0.39 is 133 Å². The van der Waals surface area contributed by atoms with Crippen LogP contribution in [0, 0.1) is 17.8 Å². The van der Waals surface area contributed by atoms with Gasteiger partial charge in [-0.05, 0) is 105 Å². The van der Waals surface area contributed by atoms with E-state index >= 15 is 0 Å². The number of hydrogen-bond donors (Lipinski definition) is 8. The maximum absolute atomic E-state index is 15.0. The van der Waals surface area contributed by atoms with E-state index in [9.17, 15) is 39.5 Å². The largest absolute Gasteiger partial charge is 0.459 e. The molecule has 0 radical (unpaired) electrons. The Morgan fingerprint density at radius 2 is 1.69 bits per heavy atom. The molecule has 5 heterocycles. The summed E-state index contributed by atoms with van der Waals surface area (Å²) in [6.45, 7) is 17.4. The van der Waals surface area contributed by atoms with Crippen LogP contribution in [0.3, 0.4) is 0 Å². The summed E-state index contributed by atoms with van der Waals surface area (Å²) in [6.07, 6.45) is -6.64. The molecule has 1 amide bonds. The maximum atomic E-state index is 15.0. The minimum Gasteiger partial charge on any atom is -0.459 e. The van der Waals surface area contributed by atoms with Crippen molar-refractivity contribution in [2.45, 2.75) is 204 Å². The molecular weight excluding hydrogens is 1020 g/mol. The number of aliphatic hydroxyl groups is 5. The number of hydrogen-bond acceptors (Lipinski definition) is 21. The number of nitrogens with two attached hydrogens (primary N) is 1. The van der Waals surface area contributed by atoms with Crippen molar-refractivity contribution in [3.05, 3.63) is 53.6 Å². The van der Waals surface area contributed by atoms with E-state index in [4.69, 9.17) is 38.9 Å². The molecule has 24 heteroatoms. The third-order valence-electron chi connectivity index (χ3n) is 16.8. The standard InChI is InChI=1S/C54H90FN9O14/c1-15-41-54(10,71)46(66)33(6)62(12)26-29(2)23-52(8,70)48(31(4)44(32(5)50(69)76-41)77-42-24-53(9,73-14)47(67)34(7)75-42)78-51-43(65)39(22-30(3)74-51)61(11)21-20-36-27-64(59-57-36)40(25-55)45(72-13)35-16-18-37(19-17-35)63-28-38(49(56)68)58-60-63/h16-19,27-34,39-48,51,57,59,65-67,70-71H,15,20-26H2,1-14H3,(H2,56,68)/t29-,30-,31+,32-,33-,34+,39+,40-,41-,42+,43-,44+,45-,46-,47+,48-,51+,52-,53-,54-/m1/s1. The van der Waals surface area contributed by atoms with Gasteiger partial charge < -0.3 is 79.6 Å². The van der Waals surface area contributed by atoms with E-state index in [1.54, 1.807) is 83.9 Å². The zero-order valence-corrected chi connectivity index (χ0v) is 48.0. The van der Waals surface area contributed by atoms with Crippen molar-refractivity contribution >= 4 is 11.9 Å². The average Bonchev–Trinajstić information content (AvgIpc) is 4.12. The molecule has 23 nitrogen and oxygen atoms in total. The lowest BCUT2D eigenvalue weighted by Crippen LogP contribution is -2.61. The molecule has 0 saturated carbocycles. The Bertz CT molecular complexity index is 2300. The molecule has 4 aliphatic rings. The number of carbonyl (C=O) groups is 2. The van der Waals surface area contributed by atoms with Crippen LogP contribution < -0.4 is 16.7 Å². The molecule has 3 fully saturated rings. The first-order chi connectivity index (χ1) is 36.6. The van der Waals surface area contributed by atoms with Crippen LogP contribution >= 0.6 is 0 Å². The maximum Gasteiger partial charge on any atom is 0.311 e. The molecule has 2 aromatic rings. The van der Waals surface area contributed by atoms with Gasteiger partial charge in [0, 0.05) is 70.0 Å². The van der Waals surface area contributed by atoms with Crippen molar-refractivity contribution in [3.8, 4) is 5.69 Å². The summed E-state index contributed by atoms with van der Waals surface area (Å²) in [5.41, 5.74) is 8.99. The molecule has 6 rings (SSSR count).